The van der Waals surface area contributed by atoms with Gasteiger partial charge in [0.15, 0.2) is 0 Å². The van der Waals surface area contributed by atoms with Crippen LogP contribution in [-0.4, -0.2) is 41.7 Å². The Morgan fingerprint density at radius 2 is 1.81 bits per heavy atom. The average molecular weight is 471 g/mol. The van der Waals surface area contributed by atoms with E-state index in [9.17, 15) is 13.2 Å². The van der Waals surface area contributed by atoms with Crippen LogP contribution in [0.1, 0.15) is 63.9 Å². The van der Waals surface area contributed by atoms with Crippen molar-refractivity contribution in [3.63, 3.8) is 0 Å². The van der Waals surface area contributed by atoms with Crippen molar-refractivity contribution in [2.24, 2.45) is 0 Å². The highest BCUT2D eigenvalue weighted by atomic mass is 32.2. The van der Waals surface area contributed by atoms with Crippen LogP contribution < -0.4 is 5.32 Å². The summed E-state index contributed by atoms with van der Waals surface area (Å²) >= 11 is 1.41. The summed E-state index contributed by atoms with van der Waals surface area (Å²) in [5, 5.41) is 3.94. The van der Waals surface area contributed by atoms with E-state index >= 15 is 0 Å². The van der Waals surface area contributed by atoms with Crippen molar-refractivity contribution in [2.75, 3.05) is 13.1 Å². The van der Waals surface area contributed by atoms with E-state index in [0.29, 0.717) is 35.3 Å². The van der Waals surface area contributed by atoms with E-state index in [1.807, 2.05) is 13.8 Å². The molecule has 0 atom stereocenters. The fraction of sp³-hybridized carbons (Fsp3) is 0.435. The minimum atomic E-state index is -3.42. The first-order valence-corrected chi connectivity index (χ1v) is 13.2. The number of thiophene rings is 1. The Bertz CT molecular complexity index is 1290. The third-order valence-corrected chi connectivity index (χ3v) is 9.31. The molecule has 3 heterocycles. The summed E-state index contributed by atoms with van der Waals surface area (Å²) in [5.41, 5.74) is 2.69. The molecule has 2 aromatic heterocycles. The van der Waals surface area contributed by atoms with Crippen LogP contribution in [0.3, 0.4) is 0 Å². The molecule has 0 unspecified atom stereocenters. The van der Waals surface area contributed by atoms with Crippen molar-refractivity contribution >= 4 is 37.5 Å². The van der Waals surface area contributed by atoms with Gasteiger partial charge in [-0.05, 0) is 62.8 Å². The van der Waals surface area contributed by atoms with Gasteiger partial charge in [-0.2, -0.15) is 4.31 Å². The molecule has 2 aliphatic rings. The molecule has 1 aromatic carbocycles. The highest BCUT2D eigenvalue weighted by Crippen LogP contribution is 2.40. The van der Waals surface area contributed by atoms with Crippen LogP contribution in [0, 0.1) is 13.8 Å². The van der Waals surface area contributed by atoms with E-state index in [2.05, 4.69) is 10.3 Å². The first-order chi connectivity index (χ1) is 15.3. The van der Waals surface area contributed by atoms with E-state index in [-0.39, 0.29) is 5.91 Å². The molecule has 32 heavy (non-hydrogen) atoms. The molecule has 1 aliphatic heterocycles. The third kappa shape index (κ3) is 3.93. The molecule has 168 valence electrons. The number of rotatable bonds is 6. The van der Waals surface area contributed by atoms with Gasteiger partial charge in [0, 0.05) is 30.9 Å². The number of fused-ring (bicyclic) bond motifs is 1. The predicted molar refractivity (Wildman–Crippen MR) is 124 cm³/mol. The van der Waals surface area contributed by atoms with Gasteiger partial charge in [-0.15, -0.1) is 11.3 Å². The first kappa shape index (κ1) is 21.5. The van der Waals surface area contributed by atoms with E-state index in [1.165, 1.54) is 15.6 Å². The summed E-state index contributed by atoms with van der Waals surface area (Å²) < 4.78 is 26.9. The maximum atomic E-state index is 12.9. The summed E-state index contributed by atoms with van der Waals surface area (Å²) in [6.45, 7) is 5.42. The van der Waals surface area contributed by atoms with Crippen molar-refractivity contribution in [3.05, 3.63) is 51.8 Å². The molecule has 3 aromatic rings. The van der Waals surface area contributed by atoms with Gasteiger partial charge < -0.3 is 5.32 Å². The first-order valence-electron chi connectivity index (χ1n) is 11.0. The SMILES string of the molecule is Cc1nc(C2CC2)nc2sc(C(=O)NCc3ccc(S(=O)(=O)N4CCCC4)cc3)c(C)c12. The van der Waals surface area contributed by atoms with Crippen LogP contribution in [0.4, 0.5) is 0 Å². The standard InChI is InChI=1S/C23H26N4O3S2/c1-14-19-15(2)25-21(17-7-8-17)26-23(19)31-20(14)22(28)24-13-16-5-9-18(10-6-16)32(29,30)27-11-3-4-12-27/h5-6,9-10,17H,3-4,7-8,11-13H2,1-2H3,(H,24,28). The van der Waals surface area contributed by atoms with Crippen LogP contribution in [-0.2, 0) is 16.6 Å². The zero-order chi connectivity index (χ0) is 22.5. The van der Waals surface area contributed by atoms with Gasteiger partial charge in [0.1, 0.15) is 10.7 Å². The van der Waals surface area contributed by atoms with Gasteiger partial charge in [-0.3, -0.25) is 4.79 Å². The smallest absolute Gasteiger partial charge is 0.261 e. The van der Waals surface area contributed by atoms with Crippen LogP contribution in [0.2, 0.25) is 0 Å². The lowest BCUT2D eigenvalue weighted by molar-refractivity contribution is 0.0954. The second kappa shape index (κ2) is 8.20. The number of nitrogens with zero attached hydrogens (tertiary/aromatic N) is 3. The number of carbonyl (C=O) groups is 1. The molecule has 2 fully saturated rings. The van der Waals surface area contributed by atoms with Gasteiger partial charge in [-0.1, -0.05) is 12.1 Å². The maximum Gasteiger partial charge on any atom is 0.261 e. The molecule has 9 heteroatoms. The zero-order valence-electron chi connectivity index (χ0n) is 18.2. The minimum Gasteiger partial charge on any atom is -0.347 e. The number of aryl methyl sites for hydroxylation is 2. The van der Waals surface area contributed by atoms with Crippen LogP contribution in [0.5, 0.6) is 0 Å². The molecule has 1 saturated carbocycles. The predicted octanol–water partition coefficient (Wildman–Crippen LogP) is 3.90. The Kier molecular flexibility index (Phi) is 5.51. The lowest BCUT2D eigenvalue weighted by atomic mass is 10.1. The van der Waals surface area contributed by atoms with Crippen molar-refractivity contribution in [2.45, 2.75) is 56.9 Å². The monoisotopic (exact) mass is 470 g/mol. The third-order valence-electron chi connectivity index (χ3n) is 6.22. The molecule has 1 aliphatic carbocycles. The zero-order valence-corrected chi connectivity index (χ0v) is 19.9. The summed E-state index contributed by atoms with van der Waals surface area (Å²) in [6.07, 6.45) is 4.10. The lowest BCUT2D eigenvalue weighted by Gasteiger charge is -2.15. The molecule has 0 radical (unpaired) electrons. The molecule has 1 N–H and O–H groups in total. The van der Waals surface area contributed by atoms with E-state index in [1.54, 1.807) is 24.3 Å². The Balaban J connectivity index is 1.30. The molecule has 1 saturated heterocycles. The van der Waals surface area contributed by atoms with Crippen LogP contribution in [0.25, 0.3) is 10.2 Å². The van der Waals surface area contributed by atoms with Gasteiger partial charge >= 0.3 is 0 Å². The molecular weight excluding hydrogens is 444 g/mol. The molecule has 7 nitrogen and oxygen atoms in total. The van der Waals surface area contributed by atoms with Crippen molar-refractivity contribution in [1.29, 1.82) is 0 Å². The molecule has 1 amide bonds. The van der Waals surface area contributed by atoms with E-state index < -0.39 is 10.0 Å². The molecule has 5 rings (SSSR count). The van der Waals surface area contributed by atoms with Gasteiger partial charge in [0.2, 0.25) is 10.0 Å². The summed E-state index contributed by atoms with van der Waals surface area (Å²) in [6, 6.07) is 6.77. The second-order valence-electron chi connectivity index (χ2n) is 8.62. The van der Waals surface area contributed by atoms with Gasteiger partial charge in [0.05, 0.1) is 15.5 Å². The van der Waals surface area contributed by atoms with Crippen molar-refractivity contribution in [1.82, 2.24) is 19.6 Å². The van der Waals surface area contributed by atoms with Crippen LogP contribution >= 0.6 is 11.3 Å². The number of sulfonamides is 1. The molecular formula is C23H26N4O3S2. The summed E-state index contributed by atoms with van der Waals surface area (Å²) in [7, 11) is -3.42. The Morgan fingerprint density at radius 3 is 2.47 bits per heavy atom. The average Bonchev–Trinajstić information content (AvgIpc) is 3.36. The number of hydrogen-bond acceptors (Lipinski definition) is 6. The van der Waals surface area contributed by atoms with Gasteiger partial charge in [-0.25, -0.2) is 18.4 Å². The summed E-state index contributed by atoms with van der Waals surface area (Å²) in [5.74, 6) is 1.22. The van der Waals surface area contributed by atoms with Crippen molar-refractivity contribution < 1.29 is 13.2 Å². The minimum absolute atomic E-state index is 0.147. The van der Waals surface area contributed by atoms with Crippen LogP contribution in [0.15, 0.2) is 29.2 Å². The van der Waals surface area contributed by atoms with E-state index in [0.717, 1.165) is 58.5 Å². The Morgan fingerprint density at radius 1 is 1.12 bits per heavy atom. The summed E-state index contributed by atoms with van der Waals surface area (Å²) in [4.78, 5) is 24.1. The topological polar surface area (TPSA) is 92.3 Å². The fourth-order valence-corrected chi connectivity index (χ4v) is 6.89. The van der Waals surface area contributed by atoms with Crippen molar-refractivity contribution in [3.8, 4) is 0 Å². The molecule has 0 bridgehead atoms. The highest BCUT2D eigenvalue weighted by molar-refractivity contribution is 7.89. The number of benzene rings is 1. The van der Waals surface area contributed by atoms with Gasteiger partial charge in [0.25, 0.3) is 5.91 Å². The molecule has 0 spiro atoms. The largest absolute Gasteiger partial charge is 0.347 e. The lowest BCUT2D eigenvalue weighted by Crippen LogP contribution is -2.27. The second-order valence-corrected chi connectivity index (χ2v) is 11.6. The fourth-order valence-electron chi connectivity index (χ4n) is 4.22. The number of nitrogens with one attached hydrogen (secondary N) is 1. The number of aromatic nitrogens is 2. The Hall–Kier alpha value is -2.36. The number of hydrogen-bond donors (Lipinski definition) is 1. The van der Waals surface area contributed by atoms with E-state index in [4.69, 9.17) is 4.98 Å². The highest BCUT2D eigenvalue weighted by Gasteiger charge is 2.29. The Labute approximate surface area is 191 Å². The number of carbonyl (C=O) groups excluding carboxylic acids is 1. The maximum absolute atomic E-state index is 12.9. The normalized spacial score (nSPS) is 17.2. The number of amides is 1. The quantitative estimate of drug-likeness (QED) is 0.590.